The third-order valence-electron chi connectivity index (χ3n) is 6.20. The van der Waals surface area contributed by atoms with Gasteiger partial charge < -0.3 is 15.0 Å². The van der Waals surface area contributed by atoms with Crippen LogP contribution >= 0.6 is 0 Å². The van der Waals surface area contributed by atoms with Crippen LogP contribution in [0, 0.1) is 13.8 Å². The van der Waals surface area contributed by atoms with Crippen molar-refractivity contribution in [3.63, 3.8) is 0 Å². The van der Waals surface area contributed by atoms with E-state index >= 15 is 0 Å². The molecule has 11 heteroatoms. The van der Waals surface area contributed by atoms with E-state index in [1.807, 2.05) is 0 Å². The highest BCUT2D eigenvalue weighted by Crippen LogP contribution is 2.38. The first-order valence-electron chi connectivity index (χ1n) is 11.5. The van der Waals surface area contributed by atoms with Gasteiger partial charge in [0.15, 0.2) is 9.84 Å². The SMILES string of the molecule is Cc1cc(C(=O)Nc2ccc(S(C)(=O)=O)cc2)c(C)n1-c1ccc(-c2cccc(C(=O)O)c2)cc1C(F)(F)F. The van der Waals surface area contributed by atoms with Crippen molar-refractivity contribution in [1.82, 2.24) is 4.57 Å². The number of nitrogens with zero attached hydrogens (tertiary/aromatic N) is 1. The number of alkyl halides is 3. The van der Waals surface area contributed by atoms with E-state index in [9.17, 15) is 36.3 Å². The number of aromatic nitrogens is 1. The minimum atomic E-state index is -4.75. The smallest absolute Gasteiger partial charge is 0.418 e. The second kappa shape index (κ2) is 10.1. The summed E-state index contributed by atoms with van der Waals surface area (Å²) in [6, 6.07) is 16.4. The molecule has 0 spiro atoms. The number of sulfone groups is 1. The number of carboxylic acids is 1. The van der Waals surface area contributed by atoms with Crippen LogP contribution in [0.3, 0.4) is 0 Å². The van der Waals surface area contributed by atoms with Crippen molar-refractivity contribution in [2.45, 2.75) is 24.9 Å². The molecule has 202 valence electrons. The number of hydrogen-bond acceptors (Lipinski definition) is 4. The molecule has 0 saturated carbocycles. The Kier molecular flexibility index (Phi) is 7.14. The zero-order valence-corrected chi connectivity index (χ0v) is 21.8. The van der Waals surface area contributed by atoms with Crippen LogP contribution in [0.2, 0.25) is 0 Å². The zero-order valence-electron chi connectivity index (χ0n) is 21.0. The van der Waals surface area contributed by atoms with Crippen LogP contribution in [-0.4, -0.2) is 36.2 Å². The monoisotopic (exact) mass is 556 g/mol. The van der Waals surface area contributed by atoms with Crippen molar-refractivity contribution in [3.8, 4) is 16.8 Å². The summed E-state index contributed by atoms with van der Waals surface area (Å²) >= 11 is 0. The molecule has 1 aromatic heterocycles. The molecular formula is C28H23F3N2O5S. The Bertz CT molecular complexity index is 1710. The number of halogens is 3. The van der Waals surface area contributed by atoms with E-state index in [-0.39, 0.29) is 33.0 Å². The molecule has 0 saturated heterocycles. The van der Waals surface area contributed by atoms with Gasteiger partial charge in [0.25, 0.3) is 5.91 Å². The first-order valence-corrected chi connectivity index (χ1v) is 13.4. The van der Waals surface area contributed by atoms with Gasteiger partial charge in [0.2, 0.25) is 0 Å². The van der Waals surface area contributed by atoms with Gasteiger partial charge in [0, 0.05) is 23.3 Å². The maximum Gasteiger partial charge on any atom is 0.418 e. The second-order valence-electron chi connectivity index (χ2n) is 8.99. The Balaban J connectivity index is 1.73. The predicted molar refractivity (Wildman–Crippen MR) is 140 cm³/mol. The van der Waals surface area contributed by atoms with Gasteiger partial charge in [0.05, 0.1) is 27.3 Å². The third-order valence-corrected chi connectivity index (χ3v) is 7.33. The molecular weight excluding hydrogens is 533 g/mol. The van der Waals surface area contributed by atoms with Crippen molar-refractivity contribution >= 4 is 27.4 Å². The number of nitrogens with one attached hydrogen (secondary N) is 1. The summed E-state index contributed by atoms with van der Waals surface area (Å²) in [6.45, 7) is 3.11. The number of aryl methyl sites for hydroxylation is 1. The minimum Gasteiger partial charge on any atom is -0.478 e. The molecule has 2 N–H and O–H groups in total. The number of amides is 1. The lowest BCUT2D eigenvalue weighted by Crippen LogP contribution is -2.15. The van der Waals surface area contributed by atoms with Gasteiger partial charge in [-0.25, -0.2) is 13.2 Å². The molecule has 7 nitrogen and oxygen atoms in total. The number of anilines is 1. The van der Waals surface area contributed by atoms with Crippen molar-refractivity contribution in [3.05, 3.63) is 101 Å². The maximum atomic E-state index is 14.2. The molecule has 4 rings (SSSR count). The third kappa shape index (κ3) is 5.73. The number of rotatable bonds is 6. The summed E-state index contributed by atoms with van der Waals surface area (Å²) in [5.41, 5.74) is 0.427. The quantitative estimate of drug-likeness (QED) is 0.297. The second-order valence-corrected chi connectivity index (χ2v) is 11.0. The molecule has 0 aliphatic carbocycles. The van der Waals surface area contributed by atoms with Crippen molar-refractivity contribution in [2.75, 3.05) is 11.6 Å². The molecule has 0 aliphatic heterocycles. The van der Waals surface area contributed by atoms with Gasteiger partial charge in [-0.1, -0.05) is 18.2 Å². The van der Waals surface area contributed by atoms with Crippen LogP contribution in [0.5, 0.6) is 0 Å². The largest absolute Gasteiger partial charge is 0.478 e. The first-order chi connectivity index (χ1) is 18.2. The van der Waals surface area contributed by atoms with Crippen molar-refractivity contribution < 1.29 is 36.3 Å². The lowest BCUT2D eigenvalue weighted by atomic mass is 9.99. The molecule has 0 unspecified atom stereocenters. The van der Waals surface area contributed by atoms with Crippen LogP contribution in [0.25, 0.3) is 16.8 Å². The number of aromatic carboxylic acids is 1. The van der Waals surface area contributed by atoms with Gasteiger partial charge in [-0.05, 0) is 79.6 Å². The van der Waals surface area contributed by atoms with Crippen LogP contribution < -0.4 is 5.32 Å². The number of carbonyl (C=O) groups is 2. The summed E-state index contributed by atoms with van der Waals surface area (Å²) in [6.07, 6.45) is -3.69. The van der Waals surface area contributed by atoms with Crippen molar-refractivity contribution in [1.29, 1.82) is 0 Å². The average Bonchev–Trinajstić information content (AvgIpc) is 3.16. The highest BCUT2D eigenvalue weighted by molar-refractivity contribution is 7.90. The Morgan fingerprint density at radius 2 is 1.54 bits per heavy atom. The van der Waals surface area contributed by atoms with E-state index in [0.29, 0.717) is 16.9 Å². The van der Waals surface area contributed by atoms with Gasteiger partial charge in [-0.3, -0.25) is 4.79 Å². The Labute approximate surface area is 222 Å². The van der Waals surface area contributed by atoms with Crippen LogP contribution in [0.1, 0.15) is 37.7 Å². The van der Waals surface area contributed by atoms with E-state index in [2.05, 4.69) is 5.32 Å². The normalized spacial score (nSPS) is 11.8. The number of benzene rings is 3. The van der Waals surface area contributed by atoms with Crippen LogP contribution in [-0.2, 0) is 16.0 Å². The van der Waals surface area contributed by atoms with Gasteiger partial charge >= 0.3 is 12.1 Å². The molecule has 0 aliphatic rings. The summed E-state index contributed by atoms with van der Waals surface area (Å²) in [7, 11) is -3.42. The summed E-state index contributed by atoms with van der Waals surface area (Å²) in [5.74, 6) is -1.77. The topological polar surface area (TPSA) is 105 Å². The predicted octanol–water partition coefficient (Wildman–Crippen LogP) is 6.13. The number of carboxylic acid groups (broad SMARTS) is 1. The first kappa shape index (κ1) is 27.6. The van der Waals surface area contributed by atoms with E-state index in [4.69, 9.17) is 0 Å². The minimum absolute atomic E-state index is 0.0520. The molecule has 0 radical (unpaired) electrons. The maximum absolute atomic E-state index is 14.2. The molecule has 4 aromatic rings. The van der Waals surface area contributed by atoms with E-state index in [0.717, 1.165) is 12.3 Å². The average molecular weight is 557 g/mol. The summed E-state index contributed by atoms with van der Waals surface area (Å²) in [5, 5.41) is 11.9. The zero-order chi connectivity index (χ0) is 28.7. The molecule has 0 atom stereocenters. The van der Waals surface area contributed by atoms with Crippen LogP contribution in [0.15, 0.2) is 77.7 Å². The summed E-state index contributed by atoms with van der Waals surface area (Å²) in [4.78, 5) is 24.4. The van der Waals surface area contributed by atoms with E-state index in [1.165, 1.54) is 78.2 Å². The van der Waals surface area contributed by atoms with Gasteiger partial charge in [0.1, 0.15) is 0 Å². The fourth-order valence-electron chi connectivity index (χ4n) is 4.32. The van der Waals surface area contributed by atoms with Crippen LogP contribution in [0.4, 0.5) is 18.9 Å². The van der Waals surface area contributed by atoms with Crippen molar-refractivity contribution in [2.24, 2.45) is 0 Å². The van der Waals surface area contributed by atoms with E-state index in [1.54, 1.807) is 6.92 Å². The standard InChI is InChI=1S/C28H23F3N2O5S/c1-16-13-23(26(34)32-21-8-10-22(11-9-21)39(3,37)38)17(2)33(16)25-12-7-19(15-24(25)28(29,30)31)18-5-4-6-20(14-18)27(35)36/h4-15H,1-3H3,(H,32,34)(H,35,36). The Hall–Kier alpha value is -4.38. The summed E-state index contributed by atoms with van der Waals surface area (Å²) < 4.78 is 67.4. The lowest BCUT2D eigenvalue weighted by Gasteiger charge is -2.18. The van der Waals surface area contributed by atoms with E-state index < -0.39 is 33.5 Å². The molecule has 1 heterocycles. The fraction of sp³-hybridized carbons (Fsp3) is 0.143. The molecule has 1 amide bonds. The molecule has 3 aromatic carbocycles. The molecule has 0 fully saturated rings. The number of carbonyl (C=O) groups excluding carboxylic acids is 1. The highest BCUT2D eigenvalue weighted by Gasteiger charge is 2.35. The molecule has 39 heavy (non-hydrogen) atoms. The lowest BCUT2D eigenvalue weighted by molar-refractivity contribution is -0.137. The fourth-order valence-corrected chi connectivity index (χ4v) is 4.95. The van der Waals surface area contributed by atoms with Gasteiger partial charge in [-0.15, -0.1) is 0 Å². The highest BCUT2D eigenvalue weighted by atomic mass is 32.2. The Morgan fingerprint density at radius 1 is 0.897 bits per heavy atom. The molecule has 0 bridgehead atoms. The van der Waals surface area contributed by atoms with Gasteiger partial charge in [-0.2, -0.15) is 13.2 Å². The number of hydrogen-bond donors (Lipinski definition) is 2. The Morgan fingerprint density at radius 3 is 2.13 bits per heavy atom.